The summed E-state index contributed by atoms with van der Waals surface area (Å²) in [6.07, 6.45) is 5.45. The Kier molecular flexibility index (Phi) is 7.53. The zero-order valence-corrected chi connectivity index (χ0v) is 20.5. The van der Waals surface area contributed by atoms with Gasteiger partial charge in [0.1, 0.15) is 0 Å². The summed E-state index contributed by atoms with van der Waals surface area (Å²) >= 11 is 1.55. The van der Waals surface area contributed by atoms with Crippen molar-refractivity contribution in [2.75, 3.05) is 39.3 Å². The molecule has 2 aliphatic rings. The number of rotatable bonds is 7. The maximum Gasteiger partial charge on any atom is 0.276 e. The molecule has 3 aromatic heterocycles. The topological polar surface area (TPSA) is 109 Å². The third kappa shape index (κ3) is 5.96. The fourth-order valence-corrected chi connectivity index (χ4v) is 5.20. The molecule has 0 spiro atoms. The molecule has 2 amide bonds. The Labute approximate surface area is 207 Å². The second-order valence-corrected chi connectivity index (χ2v) is 9.97. The van der Waals surface area contributed by atoms with E-state index >= 15 is 0 Å². The van der Waals surface area contributed by atoms with Crippen molar-refractivity contribution in [1.29, 1.82) is 0 Å². The number of piperazine rings is 1. The van der Waals surface area contributed by atoms with Crippen LogP contribution in [-0.4, -0.2) is 81.1 Å². The first-order valence-electron chi connectivity index (χ1n) is 12.3. The van der Waals surface area contributed by atoms with E-state index in [2.05, 4.69) is 20.2 Å². The van der Waals surface area contributed by atoms with Crippen molar-refractivity contribution < 1.29 is 18.6 Å². The minimum absolute atomic E-state index is 0.118. The fraction of sp³-hybridized carbons (Fsp3) is 0.542. The van der Waals surface area contributed by atoms with E-state index in [4.69, 9.17) is 9.05 Å². The standard InChI is InChI=1S/C24H30N6O4S/c31-23(29-9-3-1-2-4-10-29)8-7-22-25-21(27-34-22)17-28-11-13-30(14-12-28)24(32)18-16-19(33-26-18)20-6-5-15-35-20/h5-6,15-16H,1-4,7-14,17H2. The van der Waals surface area contributed by atoms with E-state index in [1.807, 2.05) is 22.4 Å². The average molecular weight is 499 g/mol. The van der Waals surface area contributed by atoms with E-state index in [1.54, 1.807) is 22.3 Å². The second-order valence-electron chi connectivity index (χ2n) is 9.02. The predicted molar refractivity (Wildman–Crippen MR) is 129 cm³/mol. The third-order valence-electron chi connectivity index (χ3n) is 6.54. The van der Waals surface area contributed by atoms with E-state index in [0.717, 1.165) is 30.8 Å². The van der Waals surface area contributed by atoms with Gasteiger partial charge in [-0.1, -0.05) is 29.2 Å². The lowest BCUT2D eigenvalue weighted by Gasteiger charge is -2.33. The van der Waals surface area contributed by atoms with Crippen LogP contribution in [0.2, 0.25) is 0 Å². The van der Waals surface area contributed by atoms with Crippen LogP contribution < -0.4 is 0 Å². The summed E-state index contributed by atoms with van der Waals surface area (Å²) in [5.74, 6) is 1.78. The first kappa shape index (κ1) is 23.7. The van der Waals surface area contributed by atoms with Gasteiger partial charge in [-0.3, -0.25) is 14.5 Å². The van der Waals surface area contributed by atoms with E-state index in [9.17, 15) is 9.59 Å². The molecular formula is C24H30N6O4S. The monoisotopic (exact) mass is 498 g/mol. The molecule has 0 aromatic carbocycles. The minimum atomic E-state index is -0.118. The van der Waals surface area contributed by atoms with Gasteiger partial charge >= 0.3 is 0 Å². The smallest absolute Gasteiger partial charge is 0.276 e. The maximum atomic E-state index is 12.8. The number of nitrogens with zero attached hydrogens (tertiary/aromatic N) is 6. The van der Waals surface area contributed by atoms with Gasteiger partial charge < -0.3 is 18.8 Å². The maximum absolute atomic E-state index is 12.8. The van der Waals surface area contributed by atoms with Crippen LogP contribution in [0.25, 0.3) is 10.6 Å². The number of carbonyl (C=O) groups is 2. The highest BCUT2D eigenvalue weighted by Gasteiger charge is 2.26. The third-order valence-corrected chi connectivity index (χ3v) is 7.42. The zero-order valence-electron chi connectivity index (χ0n) is 19.7. The lowest BCUT2D eigenvalue weighted by atomic mass is 10.2. The van der Waals surface area contributed by atoms with Crippen LogP contribution in [-0.2, 0) is 17.8 Å². The van der Waals surface area contributed by atoms with Crippen LogP contribution in [0, 0.1) is 0 Å². The van der Waals surface area contributed by atoms with Crippen molar-refractivity contribution >= 4 is 23.2 Å². The van der Waals surface area contributed by atoms with E-state index < -0.39 is 0 Å². The highest BCUT2D eigenvalue weighted by Crippen LogP contribution is 2.25. The summed E-state index contributed by atoms with van der Waals surface area (Å²) in [6, 6.07) is 5.58. The normalized spacial score (nSPS) is 17.5. The molecule has 0 saturated carbocycles. The molecule has 0 radical (unpaired) electrons. The lowest BCUT2D eigenvalue weighted by molar-refractivity contribution is -0.131. The van der Waals surface area contributed by atoms with Gasteiger partial charge in [-0.25, -0.2) is 0 Å². The molecule has 2 saturated heterocycles. The molecule has 0 bridgehead atoms. The Bertz CT molecular complexity index is 1110. The van der Waals surface area contributed by atoms with Crippen LogP contribution in [0.4, 0.5) is 0 Å². The van der Waals surface area contributed by atoms with Gasteiger partial charge in [0, 0.05) is 58.2 Å². The summed E-state index contributed by atoms with van der Waals surface area (Å²) in [7, 11) is 0. The molecule has 2 aliphatic heterocycles. The van der Waals surface area contributed by atoms with Crippen molar-refractivity contribution in [3.8, 4) is 10.6 Å². The minimum Gasteiger partial charge on any atom is -0.355 e. The Balaban J connectivity index is 1.06. The van der Waals surface area contributed by atoms with Crippen LogP contribution in [0.15, 0.2) is 32.6 Å². The number of likely N-dealkylation sites (tertiary alicyclic amines) is 1. The van der Waals surface area contributed by atoms with Crippen molar-refractivity contribution in [1.82, 2.24) is 30.0 Å². The SMILES string of the molecule is O=C(CCc1nc(CN2CCN(C(=O)c3cc(-c4cccs4)on3)CC2)no1)N1CCCCCC1. The lowest BCUT2D eigenvalue weighted by Crippen LogP contribution is -2.48. The molecule has 2 fully saturated rings. The number of thiophene rings is 1. The molecule has 35 heavy (non-hydrogen) atoms. The number of aromatic nitrogens is 3. The van der Waals surface area contributed by atoms with Crippen molar-refractivity contribution in [2.45, 2.75) is 45.1 Å². The van der Waals surface area contributed by atoms with Gasteiger partial charge in [0.05, 0.1) is 11.4 Å². The number of hydrogen-bond donors (Lipinski definition) is 0. The van der Waals surface area contributed by atoms with Gasteiger partial charge in [-0.2, -0.15) is 4.98 Å². The Morgan fingerprint density at radius 3 is 2.49 bits per heavy atom. The largest absolute Gasteiger partial charge is 0.355 e. The molecule has 5 rings (SSSR count). The number of carbonyl (C=O) groups excluding carboxylic acids is 2. The van der Waals surface area contributed by atoms with Crippen molar-refractivity contribution in [3.05, 3.63) is 41.0 Å². The van der Waals surface area contributed by atoms with Crippen LogP contribution >= 0.6 is 11.3 Å². The summed E-state index contributed by atoms with van der Waals surface area (Å²) < 4.78 is 10.7. The van der Waals surface area contributed by atoms with Gasteiger partial charge in [-0.05, 0) is 24.3 Å². The highest BCUT2D eigenvalue weighted by molar-refractivity contribution is 7.13. The molecule has 0 N–H and O–H groups in total. The Morgan fingerprint density at radius 1 is 0.943 bits per heavy atom. The molecule has 0 atom stereocenters. The molecule has 11 heteroatoms. The molecule has 5 heterocycles. The Morgan fingerprint density at radius 2 is 1.74 bits per heavy atom. The summed E-state index contributed by atoms with van der Waals surface area (Å²) in [6.45, 7) is 4.86. The molecule has 186 valence electrons. The van der Waals surface area contributed by atoms with Crippen LogP contribution in [0.3, 0.4) is 0 Å². The van der Waals surface area contributed by atoms with Gasteiger partial charge in [0.15, 0.2) is 17.3 Å². The molecule has 3 aromatic rings. The second kappa shape index (κ2) is 11.1. The molecular weight excluding hydrogens is 468 g/mol. The van der Waals surface area contributed by atoms with Crippen LogP contribution in [0.5, 0.6) is 0 Å². The number of hydrogen-bond acceptors (Lipinski definition) is 9. The quantitative estimate of drug-likeness (QED) is 0.489. The van der Waals surface area contributed by atoms with Gasteiger partial charge in [0.25, 0.3) is 5.91 Å². The number of amides is 2. The molecule has 0 unspecified atom stereocenters. The summed E-state index contributed by atoms with van der Waals surface area (Å²) in [5.41, 5.74) is 0.333. The highest BCUT2D eigenvalue weighted by atomic mass is 32.1. The van der Waals surface area contributed by atoms with Crippen molar-refractivity contribution in [2.24, 2.45) is 0 Å². The van der Waals surface area contributed by atoms with Gasteiger partial charge in [-0.15, -0.1) is 11.3 Å². The molecule has 0 aliphatic carbocycles. The first-order chi connectivity index (χ1) is 17.2. The average Bonchev–Trinajstić information content (AvgIpc) is 3.62. The van der Waals surface area contributed by atoms with Gasteiger partial charge in [0.2, 0.25) is 11.8 Å². The predicted octanol–water partition coefficient (Wildman–Crippen LogP) is 3.08. The zero-order chi connectivity index (χ0) is 24.0. The summed E-state index contributed by atoms with van der Waals surface area (Å²) in [4.78, 5) is 36.7. The van der Waals surface area contributed by atoms with E-state index in [-0.39, 0.29) is 11.8 Å². The van der Waals surface area contributed by atoms with E-state index in [0.29, 0.717) is 68.7 Å². The van der Waals surface area contributed by atoms with Crippen molar-refractivity contribution in [3.63, 3.8) is 0 Å². The fourth-order valence-electron chi connectivity index (χ4n) is 4.53. The molecule has 10 nitrogen and oxygen atoms in total. The van der Waals surface area contributed by atoms with Crippen LogP contribution in [0.1, 0.15) is 54.3 Å². The first-order valence-corrected chi connectivity index (χ1v) is 13.1. The Hall–Kier alpha value is -3.05. The van der Waals surface area contributed by atoms with E-state index in [1.165, 1.54) is 12.8 Å². The summed E-state index contributed by atoms with van der Waals surface area (Å²) in [5, 5.41) is 10.0. The number of aryl methyl sites for hydroxylation is 1.